The second kappa shape index (κ2) is 3.48. The highest BCUT2D eigenvalue weighted by Gasteiger charge is 2.29. The number of aryl methyl sites for hydroxylation is 1. The summed E-state index contributed by atoms with van der Waals surface area (Å²) in [5.41, 5.74) is 3.66. The van der Waals surface area contributed by atoms with E-state index in [0.29, 0.717) is 0 Å². The molecule has 0 spiro atoms. The zero-order valence-corrected chi connectivity index (χ0v) is 9.47. The van der Waals surface area contributed by atoms with Crippen LogP contribution in [0.5, 0.6) is 0 Å². The number of imidazole rings is 1. The lowest BCUT2D eigenvalue weighted by Crippen LogP contribution is -2.41. The van der Waals surface area contributed by atoms with Crippen LogP contribution in [0.4, 0.5) is 10.5 Å². The number of carbonyl (C=O) groups is 1. The Labute approximate surface area is 98.1 Å². The maximum Gasteiger partial charge on any atom is 0.412 e. The molecule has 1 unspecified atom stereocenters. The Kier molecular flexibility index (Phi) is 2.07. The van der Waals surface area contributed by atoms with Crippen LogP contribution in [-0.4, -0.2) is 27.2 Å². The van der Waals surface area contributed by atoms with Crippen molar-refractivity contribution in [2.24, 2.45) is 0 Å². The largest absolute Gasteiger partial charge is 0.465 e. The van der Waals surface area contributed by atoms with Crippen molar-refractivity contribution in [3.63, 3.8) is 0 Å². The Hall–Kier alpha value is -2.04. The lowest BCUT2D eigenvalue weighted by Gasteiger charge is -2.33. The average Bonchev–Trinajstić information content (AvgIpc) is 2.75. The van der Waals surface area contributed by atoms with E-state index in [2.05, 4.69) is 9.97 Å². The van der Waals surface area contributed by atoms with Crippen molar-refractivity contribution in [3.8, 4) is 0 Å². The Morgan fingerprint density at radius 1 is 1.59 bits per heavy atom. The number of aromatic nitrogens is 2. The van der Waals surface area contributed by atoms with Crippen LogP contribution in [0, 0.1) is 0 Å². The van der Waals surface area contributed by atoms with E-state index in [1.54, 1.807) is 6.33 Å². The third-order valence-electron chi connectivity index (χ3n) is 3.39. The molecule has 2 heterocycles. The molecule has 5 nitrogen and oxygen atoms in total. The first-order chi connectivity index (χ1) is 8.18. The molecule has 1 aliphatic rings. The van der Waals surface area contributed by atoms with Crippen LogP contribution in [0.3, 0.4) is 0 Å². The molecule has 0 saturated heterocycles. The van der Waals surface area contributed by atoms with Gasteiger partial charge in [0.25, 0.3) is 0 Å². The first-order valence-electron chi connectivity index (χ1n) is 5.65. The summed E-state index contributed by atoms with van der Waals surface area (Å²) in [5, 5.41) is 9.28. The highest BCUT2D eigenvalue weighted by atomic mass is 16.4. The quantitative estimate of drug-likeness (QED) is 0.731. The molecule has 0 saturated carbocycles. The monoisotopic (exact) mass is 231 g/mol. The third-order valence-corrected chi connectivity index (χ3v) is 3.39. The lowest BCUT2D eigenvalue weighted by atomic mass is 9.96. The summed E-state index contributed by atoms with van der Waals surface area (Å²) < 4.78 is 0. The van der Waals surface area contributed by atoms with E-state index in [0.717, 1.165) is 35.1 Å². The molecule has 1 amide bonds. The number of aromatic amines is 1. The van der Waals surface area contributed by atoms with Gasteiger partial charge in [0.1, 0.15) is 0 Å². The Morgan fingerprint density at radius 3 is 3.18 bits per heavy atom. The Balaban J connectivity index is 2.24. The van der Waals surface area contributed by atoms with Crippen LogP contribution in [0.15, 0.2) is 18.5 Å². The van der Waals surface area contributed by atoms with Gasteiger partial charge >= 0.3 is 6.09 Å². The first kappa shape index (κ1) is 10.1. The first-order valence-corrected chi connectivity index (χ1v) is 5.65. The molecular formula is C12H13N3O2. The number of amides is 1. The molecule has 17 heavy (non-hydrogen) atoms. The molecule has 0 radical (unpaired) electrons. The summed E-state index contributed by atoms with van der Waals surface area (Å²) in [6.45, 7) is 1.94. The molecule has 1 aromatic carbocycles. The van der Waals surface area contributed by atoms with Gasteiger partial charge in [-0.25, -0.2) is 9.78 Å². The Morgan fingerprint density at radius 2 is 2.41 bits per heavy atom. The van der Waals surface area contributed by atoms with E-state index >= 15 is 0 Å². The minimum atomic E-state index is -0.895. The van der Waals surface area contributed by atoms with Crippen LogP contribution in [0.25, 0.3) is 11.0 Å². The third kappa shape index (κ3) is 1.39. The summed E-state index contributed by atoms with van der Waals surface area (Å²) in [7, 11) is 0. The van der Waals surface area contributed by atoms with Crippen molar-refractivity contribution in [1.29, 1.82) is 0 Å². The van der Waals surface area contributed by atoms with Crippen molar-refractivity contribution in [2.75, 3.05) is 4.90 Å². The van der Waals surface area contributed by atoms with E-state index in [4.69, 9.17) is 0 Å². The van der Waals surface area contributed by atoms with Gasteiger partial charge in [-0.15, -0.1) is 0 Å². The second-order valence-electron chi connectivity index (χ2n) is 4.40. The number of anilines is 1. The van der Waals surface area contributed by atoms with Crippen LogP contribution >= 0.6 is 0 Å². The van der Waals surface area contributed by atoms with Crippen LogP contribution < -0.4 is 4.90 Å². The van der Waals surface area contributed by atoms with E-state index in [-0.39, 0.29) is 6.04 Å². The maximum absolute atomic E-state index is 11.3. The highest BCUT2D eigenvalue weighted by molar-refractivity contribution is 5.94. The topological polar surface area (TPSA) is 69.2 Å². The fraction of sp³-hybridized carbons (Fsp3) is 0.333. The summed E-state index contributed by atoms with van der Waals surface area (Å²) in [4.78, 5) is 20.1. The number of nitrogens with zero attached hydrogens (tertiary/aromatic N) is 2. The van der Waals surface area contributed by atoms with E-state index in [1.165, 1.54) is 4.90 Å². The zero-order valence-electron chi connectivity index (χ0n) is 9.47. The number of nitrogens with one attached hydrogen (secondary N) is 1. The van der Waals surface area contributed by atoms with Gasteiger partial charge in [0.05, 0.1) is 23.0 Å². The molecule has 88 valence electrons. The van der Waals surface area contributed by atoms with Crippen LogP contribution in [0.2, 0.25) is 0 Å². The molecular weight excluding hydrogens is 218 g/mol. The normalized spacial score (nSPS) is 19.4. The van der Waals surface area contributed by atoms with Gasteiger partial charge in [-0.3, -0.25) is 4.90 Å². The van der Waals surface area contributed by atoms with Crippen molar-refractivity contribution < 1.29 is 9.90 Å². The van der Waals surface area contributed by atoms with E-state index in [9.17, 15) is 9.90 Å². The molecule has 5 heteroatoms. The van der Waals surface area contributed by atoms with Gasteiger partial charge in [-0.1, -0.05) is 0 Å². The van der Waals surface area contributed by atoms with Crippen molar-refractivity contribution >= 4 is 22.8 Å². The predicted octanol–water partition coefficient (Wildman–Crippen LogP) is 2.38. The summed E-state index contributed by atoms with van der Waals surface area (Å²) >= 11 is 0. The van der Waals surface area contributed by atoms with Gasteiger partial charge in [0.15, 0.2) is 0 Å². The molecule has 0 fully saturated rings. The number of carboxylic acid groups (broad SMARTS) is 1. The van der Waals surface area contributed by atoms with Gasteiger partial charge < -0.3 is 10.1 Å². The van der Waals surface area contributed by atoms with Gasteiger partial charge in [0.2, 0.25) is 0 Å². The number of hydrogen-bond donors (Lipinski definition) is 2. The molecule has 0 aliphatic carbocycles. The minimum absolute atomic E-state index is 0.0244. The molecule has 1 atom stereocenters. The summed E-state index contributed by atoms with van der Waals surface area (Å²) in [6, 6.07) is 3.77. The van der Waals surface area contributed by atoms with Crippen molar-refractivity contribution in [3.05, 3.63) is 24.0 Å². The van der Waals surface area contributed by atoms with Gasteiger partial charge in [-0.2, -0.15) is 0 Å². The SMILES string of the molecule is CC1CCc2c(ccc3[nH]cnc23)N1C(=O)O. The fourth-order valence-corrected chi connectivity index (χ4v) is 2.54. The van der Waals surface area contributed by atoms with Crippen LogP contribution in [-0.2, 0) is 6.42 Å². The number of fused-ring (bicyclic) bond motifs is 3. The number of hydrogen-bond acceptors (Lipinski definition) is 2. The van der Waals surface area contributed by atoms with Crippen molar-refractivity contribution in [2.45, 2.75) is 25.8 Å². The van der Waals surface area contributed by atoms with Gasteiger partial charge in [0, 0.05) is 11.6 Å². The number of rotatable bonds is 0. The molecule has 2 aromatic rings. The highest BCUT2D eigenvalue weighted by Crippen LogP contribution is 2.34. The lowest BCUT2D eigenvalue weighted by molar-refractivity contribution is 0.198. The summed E-state index contributed by atoms with van der Waals surface area (Å²) in [6.07, 6.45) is 2.47. The van der Waals surface area contributed by atoms with E-state index < -0.39 is 6.09 Å². The zero-order chi connectivity index (χ0) is 12.0. The molecule has 0 bridgehead atoms. The second-order valence-corrected chi connectivity index (χ2v) is 4.40. The maximum atomic E-state index is 11.3. The van der Waals surface area contributed by atoms with Crippen LogP contribution in [0.1, 0.15) is 18.9 Å². The number of benzene rings is 1. The standard InChI is InChI=1S/C12H13N3O2/c1-7-2-3-8-10(15(7)12(16)17)5-4-9-11(8)14-6-13-9/h4-7H,2-3H2,1H3,(H,13,14)(H,16,17). The van der Waals surface area contributed by atoms with E-state index in [1.807, 2.05) is 19.1 Å². The molecule has 1 aliphatic heterocycles. The summed E-state index contributed by atoms with van der Waals surface area (Å²) in [5.74, 6) is 0. The average molecular weight is 231 g/mol. The molecule has 1 aromatic heterocycles. The Bertz CT molecular complexity index is 590. The smallest absolute Gasteiger partial charge is 0.412 e. The minimum Gasteiger partial charge on any atom is -0.465 e. The molecule has 3 rings (SSSR count). The predicted molar refractivity (Wildman–Crippen MR) is 64.4 cm³/mol. The molecule has 2 N–H and O–H groups in total. The fourth-order valence-electron chi connectivity index (χ4n) is 2.54. The number of H-pyrrole nitrogens is 1. The van der Waals surface area contributed by atoms with Gasteiger partial charge in [-0.05, 0) is 31.9 Å². The van der Waals surface area contributed by atoms with Crippen molar-refractivity contribution in [1.82, 2.24) is 9.97 Å².